The number of aliphatic hydroxyl groups excluding tert-OH is 1. The second-order valence-corrected chi connectivity index (χ2v) is 16.9. The Morgan fingerprint density at radius 1 is 0.909 bits per heavy atom. The molecule has 0 aliphatic heterocycles. The van der Waals surface area contributed by atoms with Gasteiger partial charge in [0.05, 0.1) is 17.1 Å². The summed E-state index contributed by atoms with van der Waals surface area (Å²) in [6.45, 7) is 15.9. The van der Waals surface area contributed by atoms with Gasteiger partial charge in [-0.25, -0.2) is 0 Å². The van der Waals surface area contributed by atoms with Gasteiger partial charge in [-0.15, -0.1) is 0 Å². The number of ketones is 2. The Balaban J connectivity index is 1.42. The van der Waals surface area contributed by atoms with Crippen molar-refractivity contribution in [3.8, 4) is 0 Å². The van der Waals surface area contributed by atoms with Crippen molar-refractivity contribution in [3.05, 3.63) is 46.5 Å². The normalized spacial score (nSPS) is 41.6. The van der Waals surface area contributed by atoms with E-state index in [2.05, 4.69) is 34.6 Å². The van der Waals surface area contributed by atoms with Gasteiger partial charge in [-0.05, 0) is 119 Å². The molecule has 4 fully saturated rings. The minimum atomic E-state index is -4.54. The summed E-state index contributed by atoms with van der Waals surface area (Å²) in [6.07, 6.45) is 2.15. The quantitative estimate of drug-likeness (QED) is 0.369. The van der Waals surface area contributed by atoms with E-state index in [0.29, 0.717) is 18.3 Å². The molecule has 6 rings (SSSR count). The molecule has 6 heteroatoms. The molecule has 0 amide bonds. The molecule has 0 radical (unpaired) electrons. The summed E-state index contributed by atoms with van der Waals surface area (Å²) < 4.78 is 41.8. The maximum Gasteiger partial charge on any atom is 0.416 e. The largest absolute Gasteiger partial charge is 0.416 e. The maximum atomic E-state index is 14.5. The molecular weight excluding hydrogens is 561 g/mol. The number of Topliss-reactive ketones (excluding diaryl/α,β-unsaturated/α-hetero) is 2. The first-order valence-electron chi connectivity index (χ1n) is 17.0. The van der Waals surface area contributed by atoms with Crippen LogP contribution < -0.4 is 0 Å². The standard InChI is InChI=1S/C38H51F3O3/c1-22(2)31-26(42)21-37(30(44)20-23-10-8-9-11-24(23)38(39,40)41)19-18-35(6)25(32(31)37)12-13-28-34(5)16-15-29(43)33(3,4)27(34)14-17-36(28,35)7/h8-11,22,25,27-29,43H,12-21H2,1-7H3/t25-,27+,28-,29+,34+,35-,36-,37+/m1/s1. The molecule has 5 aliphatic rings. The zero-order valence-electron chi connectivity index (χ0n) is 27.7. The van der Waals surface area contributed by atoms with Crippen LogP contribution in [0.15, 0.2) is 35.4 Å². The van der Waals surface area contributed by atoms with Crippen molar-refractivity contribution in [1.82, 2.24) is 0 Å². The van der Waals surface area contributed by atoms with Crippen LogP contribution in [0.5, 0.6) is 0 Å². The van der Waals surface area contributed by atoms with Crippen molar-refractivity contribution >= 4 is 11.6 Å². The summed E-state index contributed by atoms with van der Waals surface area (Å²) in [5.74, 6) is 0.725. The van der Waals surface area contributed by atoms with Crippen LogP contribution in [-0.4, -0.2) is 22.8 Å². The number of carbonyl (C=O) groups is 2. The van der Waals surface area contributed by atoms with Crippen molar-refractivity contribution in [2.75, 3.05) is 0 Å². The van der Waals surface area contributed by atoms with Gasteiger partial charge >= 0.3 is 6.18 Å². The van der Waals surface area contributed by atoms with Crippen LogP contribution in [-0.2, 0) is 22.2 Å². The minimum Gasteiger partial charge on any atom is -0.393 e. The predicted molar refractivity (Wildman–Crippen MR) is 166 cm³/mol. The van der Waals surface area contributed by atoms with Gasteiger partial charge in [0.15, 0.2) is 5.78 Å². The Kier molecular flexibility index (Phi) is 7.29. The molecule has 0 unspecified atom stereocenters. The highest BCUT2D eigenvalue weighted by Gasteiger charge is 2.70. The van der Waals surface area contributed by atoms with Gasteiger partial charge < -0.3 is 5.11 Å². The Bertz CT molecular complexity index is 1410. The van der Waals surface area contributed by atoms with Gasteiger partial charge in [0, 0.05) is 12.8 Å². The average molecular weight is 613 g/mol. The summed E-state index contributed by atoms with van der Waals surface area (Å²) in [4.78, 5) is 28.3. The molecule has 44 heavy (non-hydrogen) atoms. The molecule has 1 aromatic carbocycles. The highest BCUT2D eigenvalue weighted by molar-refractivity contribution is 6.07. The topological polar surface area (TPSA) is 54.4 Å². The summed E-state index contributed by atoms with van der Waals surface area (Å²) in [5.41, 5.74) is -0.163. The third-order valence-corrected chi connectivity index (χ3v) is 14.6. The number of carbonyl (C=O) groups excluding carboxylic acids is 2. The van der Waals surface area contributed by atoms with Crippen LogP contribution in [0.3, 0.4) is 0 Å². The monoisotopic (exact) mass is 612 g/mol. The second kappa shape index (κ2) is 10.0. The van der Waals surface area contributed by atoms with Crippen LogP contribution in [0.25, 0.3) is 0 Å². The van der Waals surface area contributed by atoms with E-state index in [1.807, 2.05) is 13.8 Å². The number of hydrogen-bond donors (Lipinski definition) is 1. The molecule has 0 spiro atoms. The first kappa shape index (κ1) is 32.0. The Morgan fingerprint density at radius 3 is 2.25 bits per heavy atom. The predicted octanol–water partition coefficient (Wildman–Crippen LogP) is 9.16. The fourth-order valence-electron chi connectivity index (χ4n) is 12.2. The second-order valence-electron chi connectivity index (χ2n) is 16.9. The SMILES string of the molecule is CC(C)C1=C2[C@H]3CC[C@@H]4[C@@]5(C)CC[C@H](O)C(C)(C)[C@@H]5CC[C@@]4(C)[C@]3(C)CC[C@@]2(C(=O)Cc2ccccc2C(F)(F)F)CC1=O. The first-order chi connectivity index (χ1) is 20.3. The van der Waals surface area contributed by atoms with Gasteiger partial charge in [0.25, 0.3) is 0 Å². The van der Waals surface area contributed by atoms with Gasteiger partial charge in [-0.3, -0.25) is 9.59 Å². The number of hydrogen-bond acceptors (Lipinski definition) is 3. The Hall–Kier alpha value is -1.95. The lowest BCUT2D eigenvalue weighted by Gasteiger charge is -2.72. The minimum absolute atomic E-state index is 0.00141. The van der Waals surface area contributed by atoms with E-state index in [1.165, 1.54) is 12.1 Å². The molecule has 1 aromatic rings. The van der Waals surface area contributed by atoms with Gasteiger partial charge in [-0.1, -0.05) is 66.7 Å². The van der Waals surface area contributed by atoms with Crippen molar-refractivity contribution in [1.29, 1.82) is 0 Å². The van der Waals surface area contributed by atoms with Crippen LogP contribution in [0.1, 0.15) is 117 Å². The zero-order chi connectivity index (χ0) is 32.3. The maximum absolute atomic E-state index is 14.5. The van der Waals surface area contributed by atoms with Crippen LogP contribution in [0.2, 0.25) is 0 Å². The molecule has 5 aliphatic carbocycles. The third kappa shape index (κ3) is 4.17. The van der Waals surface area contributed by atoms with Crippen molar-refractivity contribution in [2.24, 2.45) is 50.7 Å². The number of rotatable bonds is 4. The molecule has 1 N–H and O–H groups in total. The number of alkyl halides is 3. The Morgan fingerprint density at radius 2 is 1.59 bits per heavy atom. The van der Waals surface area contributed by atoms with Crippen molar-refractivity contribution in [3.63, 3.8) is 0 Å². The van der Waals surface area contributed by atoms with Crippen LogP contribution in [0, 0.1) is 50.7 Å². The number of fused-ring (bicyclic) bond motifs is 7. The molecule has 0 saturated heterocycles. The van der Waals surface area contributed by atoms with Crippen LogP contribution in [0.4, 0.5) is 13.2 Å². The fraction of sp³-hybridized carbons (Fsp3) is 0.737. The van der Waals surface area contributed by atoms with E-state index in [9.17, 15) is 27.9 Å². The van der Waals surface area contributed by atoms with E-state index < -0.39 is 17.2 Å². The molecule has 3 nitrogen and oxygen atoms in total. The zero-order valence-corrected chi connectivity index (χ0v) is 27.7. The van der Waals surface area contributed by atoms with Crippen LogP contribution >= 0.6 is 0 Å². The van der Waals surface area contributed by atoms with E-state index in [4.69, 9.17) is 0 Å². The lowest BCUT2D eigenvalue weighted by Crippen LogP contribution is -2.65. The van der Waals surface area contributed by atoms with E-state index in [1.54, 1.807) is 6.07 Å². The van der Waals surface area contributed by atoms with Gasteiger partial charge in [0.2, 0.25) is 0 Å². The number of allylic oxidation sites excluding steroid dienone is 2. The molecule has 0 bridgehead atoms. The Labute approximate surface area is 261 Å². The summed E-state index contributed by atoms with van der Waals surface area (Å²) >= 11 is 0. The molecule has 242 valence electrons. The molecule has 8 atom stereocenters. The lowest BCUT2D eigenvalue weighted by molar-refractivity contribution is -0.228. The molecular formula is C38H51F3O3. The third-order valence-electron chi connectivity index (χ3n) is 14.6. The highest BCUT2D eigenvalue weighted by atomic mass is 19.4. The van der Waals surface area contributed by atoms with E-state index >= 15 is 0 Å². The van der Waals surface area contributed by atoms with Gasteiger partial charge in [0.1, 0.15) is 5.78 Å². The highest BCUT2D eigenvalue weighted by Crippen LogP contribution is 2.76. The average Bonchev–Trinajstić information content (AvgIpc) is 3.24. The van der Waals surface area contributed by atoms with Crippen molar-refractivity contribution in [2.45, 2.75) is 125 Å². The number of aliphatic hydroxyl groups is 1. The lowest BCUT2D eigenvalue weighted by atomic mass is 9.33. The fourth-order valence-corrected chi connectivity index (χ4v) is 12.2. The smallest absolute Gasteiger partial charge is 0.393 e. The molecule has 4 saturated carbocycles. The molecule has 0 heterocycles. The van der Waals surface area contributed by atoms with Crippen molar-refractivity contribution < 1.29 is 27.9 Å². The summed E-state index contributed by atoms with van der Waals surface area (Å²) in [7, 11) is 0. The van der Waals surface area contributed by atoms with E-state index in [0.717, 1.165) is 62.2 Å². The van der Waals surface area contributed by atoms with Gasteiger partial charge in [-0.2, -0.15) is 13.2 Å². The van der Waals surface area contributed by atoms with E-state index in [-0.39, 0.29) is 69.6 Å². The summed E-state index contributed by atoms with van der Waals surface area (Å²) in [6, 6.07) is 5.40. The summed E-state index contributed by atoms with van der Waals surface area (Å²) in [5, 5.41) is 11.0. The molecule has 0 aromatic heterocycles. The number of benzene rings is 1. The first-order valence-corrected chi connectivity index (χ1v) is 17.0. The number of halogens is 3.